The molecule has 8 aromatic rings. The van der Waals surface area contributed by atoms with Gasteiger partial charge >= 0.3 is 0 Å². The first-order valence-electron chi connectivity index (χ1n) is 17.4. The van der Waals surface area contributed by atoms with Crippen molar-refractivity contribution in [3.63, 3.8) is 0 Å². The highest BCUT2D eigenvalue weighted by atomic mass is 32.2. The van der Waals surface area contributed by atoms with Crippen molar-refractivity contribution >= 4 is 44.2 Å². The number of thioether (sulfide) groups is 1. The molecule has 3 N–H and O–H groups in total. The maximum Gasteiger partial charge on any atom is 0.166 e. The van der Waals surface area contributed by atoms with Gasteiger partial charge in [0, 0.05) is 11.6 Å². The highest BCUT2D eigenvalue weighted by Crippen LogP contribution is 2.31. The average molecular weight is 765 g/mol. The number of pyridine rings is 7. The molecule has 1 aliphatic heterocycles. The van der Waals surface area contributed by atoms with Crippen molar-refractivity contribution in [2.45, 2.75) is 6.04 Å². The van der Waals surface area contributed by atoms with Crippen LogP contribution in [0.25, 0.3) is 66.6 Å². The summed E-state index contributed by atoms with van der Waals surface area (Å²) in [6.07, 6.45) is 9.60. The molecule has 0 saturated heterocycles. The normalized spacial score (nSPS) is 13.4. The van der Waals surface area contributed by atoms with Crippen LogP contribution >= 0.6 is 23.1 Å². The molecule has 0 fully saturated rings. The summed E-state index contributed by atoms with van der Waals surface area (Å²) in [4.78, 5) is 33.1. The number of aromatic nitrogens is 9. The molecule has 1 unspecified atom stereocenters. The van der Waals surface area contributed by atoms with Gasteiger partial charge in [-0.1, -0.05) is 53.8 Å². The van der Waals surface area contributed by atoms with E-state index in [4.69, 9.17) is 40.7 Å². The number of nitrogens with zero attached hydrogens (tertiary/aromatic N) is 9. The van der Waals surface area contributed by atoms with Crippen LogP contribution in [0.5, 0.6) is 0 Å². The van der Waals surface area contributed by atoms with Crippen molar-refractivity contribution in [1.82, 2.24) is 50.4 Å². The van der Waals surface area contributed by atoms with Gasteiger partial charge in [-0.05, 0) is 109 Å². The molecule has 9 rings (SSSR count). The second kappa shape index (κ2) is 15.3. The Morgan fingerprint density at radius 3 is 1.88 bits per heavy atom. The average Bonchev–Trinajstić information content (AvgIpc) is 3.78. The van der Waals surface area contributed by atoms with Gasteiger partial charge in [-0.3, -0.25) is 15.8 Å². The number of fused-ring (bicyclic) bond motifs is 1. The lowest BCUT2D eigenvalue weighted by molar-refractivity contribution is 0.722. The molecule has 0 bridgehead atoms. The fourth-order valence-corrected chi connectivity index (χ4v) is 7.34. The minimum atomic E-state index is -0.0279. The molecule has 0 spiro atoms. The zero-order chi connectivity index (χ0) is 37.8. The Hall–Kier alpha value is -7.16. The first-order valence-corrected chi connectivity index (χ1v) is 19.0. The largest absolute Gasteiger partial charge is 0.379 e. The predicted octanol–water partition coefficient (Wildman–Crippen LogP) is 8.59. The van der Waals surface area contributed by atoms with Crippen molar-refractivity contribution in [2.24, 2.45) is 0 Å². The molecule has 8 aromatic heterocycles. The van der Waals surface area contributed by atoms with E-state index in [1.165, 1.54) is 11.3 Å². The van der Waals surface area contributed by atoms with Crippen LogP contribution in [-0.4, -0.2) is 55.2 Å². The zero-order valence-corrected chi connectivity index (χ0v) is 30.9. The van der Waals surface area contributed by atoms with Crippen molar-refractivity contribution in [2.75, 3.05) is 0 Å². The lowest BCUT2D eigenvalue weighted by atomic mass is 10.1. The third-order valence-electron chi connectivity index (χ3n) is 8.66. The molecule has 0 aliphatic carbocycles. The molecular weight excluding hydrogens is 737 g/mol. The van der Waals surface area contributed by atoms with Crippen LogP contribution in [0.3, 0.4) is 0 Å². The van der Waals surface area contributed by atoms with E-state index in [-0.39, 0.29) is 16.1 Å². The topological polar surface area (TPSA) is 176 Å². The van der Waals surface area contributed by atoms with Crippen molar-refractivity contribution in [1.29, 1.82) is 10.8 Å². The van der Waals surface area contributed by atoms with E-state index in [2.05, 4.69) is 20.5 Å². The fourth-order valence-electron chi connectivity index (χ4n) is 5.91. The molecule has 268 valence electrons. The predicted molar refractivity (Wildman–Crippen MR) is 221 cm³/mol. The number of hydrogen-bond acceptors (Lipinski definition) is 14. The van der Waals surface area contributed by atoms with Crippen LogP contribution in [0, 0.1) is 10.8 Å². The van der Waals surface area contributed by atoms with Crippen molar-refractivity contribution in [3.05, 3.63) is 163 Å². The third kappa shape index (κ3) is 7.33. The SMILES string of the molecule is N=C(SC(=N)c1ccc2ccc(-c3nnc(-c4cccc(-c5cccc(-c6ccccn6)n5)n4)s3)nc2n1)c1cccc(-c2cccc(C3C=CC=CN3)n2)n1. The van der Waals surface area contributed by atoms with Crippen LogP contribution in [0.2, 0.25) is 0 Å². The maximum absolute atomic E-state index is 8.83. The number of dihydropyridines is 1. The minimum Gasteiger partial charge on any atom is -0.379 e. The Kier molecular flexibility index (Phi) is 9.45. The lowest BCUT2D eigenvalue weighted by Gasteiger charge is -2.16. The monoisotopic (exact) mass is 764 g/mol. The third-order valence-corrected chi connectivity index (χ3v) is 10.5. The van der Waals surface area contributed by atoms with Crippen LogP contribution in [-0.2, 0) is 0 Å². The Morgan fingerprint density at radius 2 is 1.14 bits per heavy atom. The quantitative estimate of drug-likeness (QED) is 0.0998. The summed E-state index contributed by atoms with van der Waals surface area (Å²) in [7, 11) is 0. The highest BCUT2D eigenvalue weighted by Gasteiger charge is 2.17. The fraction of sp³-hybridized carbons (Fsp3) is 0.0238. The van der Waals surface area contributed by atoms with Gasteiger partial charge in [-0.15, -0.1) is 10.2 Å². The van der Waals surface area contributed by atoms with E-state index in [0.29, 0.717) is 55.5 Å². The van der Waals surface area contributed by atoms with Crippen LogP contribution in [0.4, 0.5) is 0 Å². The molecule has 9 heterocycles. The second-order valence-electron chi connectivity index (χ2n) is 12.4. The van der Waals surface area contributed by atoms with E-state index < -0.39 is 0 Å². The standard InChI is InChI=1S/C42H28N12S2/c43-38(34-17-7-15-32(49-34)30-13-5-11-28(47-30)26-9-1-3-23-45-26)55-39(44)35-21-19-25-20-22-37(52-40(25)51-35)42-54-53-41(56-42)36-18-8-16-33(50-36)31-14-6-12-29(48-31)27-10-2-4-24-46-27/h1-24,26,43-45H. The van der Waals surface area contributed by atoms with Crippen molar-refractivity contribution < 1.29 is 0 Å². The van der Waals surface area contributed by atoms with Gasteiger partial charge < -0.3 is 5.32 Å². The summed E-state index contributed by atoms with van der Waals surface area (Å²) in [5, 5.41) is 32.1. The van der Waals surface area contributed by atoms with E-state index >= 15 is 0 Å². The molecule has 0 amide bonds. The maximum atomic E-state index is 8.83. The van der Waals surface area contributed by atoms with E-state index in [0.717, 1.165) is 39.9 Å². The summed E-state index contributed by atoms with van der Waals surface area (Å²) in [5.41, 5.74) is 7.75. The van der Waals surface area contributed by atoms with Gasteiger partial charge in [0.05, 0.1) is 57.3 Å². The minimum absolute atomic E-state index is 0.0279. The summed E-state index contributed by atoms with van der Waals surface area (Å²) in [6.45, 7) is 0. The molecule has 0 aromatic carbocycles. The molecular formula is C42H28N12S2. The molecule has 56 heavy (non-hydrogen) atoms. The lowest BCUT2D eigenvalue weighted by Crippen LogP contribution is -2.16. The summed E-state index contributed by atoms with van der Waals surface area (Å²) >= 11 is 2.35. The van der Waals surface area contributed by atoms with E-state index in [9.17, 15) is 0 Å². The molecule has 0 saturated carbocycles. The van der Waals surface area contributed by atoms with E-state index in [1.54, 1.807) is 18.3 Å². The zero-order valence-electron chi connectivity index (χ0n) is 29.3. The van der Waals surface area contributed by atoms with Crippen LogP contribution in [0.15, 0.2) is 146 Å². The molecule has 12 nitrogen and oxygen atoms in total. The molecule has 0 radical (unpaired) electrons. The smallest absolute Gasteiger partial charge is 0.166 e. The Balaban J connectivity index is 0.911. The Bertz CT molecular complexity index is 2840. The Morgan fingerprint density at radius 1 is 0.536 bits per heavy atom. The van der Waals surface area contributed by atoms with Crippen LogP contribution in [0.1, 0.15) is 23.1 Å². The number of allylic oxidation sites excluding steroid dienone is 2. The highest BCUT2D eigenvalue weighted by molar-refractivity contribution is 8.27. The first-order chi connectivity index (χ1) is 27.5. The van der Waals surface area contributed by atoms with Gasteiger partial charge in [0.1, 0.15) is 21.5 Å². The molecule has 14 heteroatoms. The number of hydrogen-bond donors (Lipinski definition) is 3. The summed E-state index contributed by atoms with van der Waals surface area (Å²) in [5.74, 6) is 0. The van der Waals surface area contributed by atoms with Crippen molar-refractivity contribution in [3.8, 4) is 55.6 Å². The first kappa shape index (κ1) is 34.6. The van der Waals surface area contributed by atoms with Gasteiger partial charge in [-0.25, -0.2) is 29.9 Å². The summed E-state index contributed by atoms with van der Waals surface area (Å²) in [6, 6.07) is 36.0. The molecule has 1 aliphatic rings. The number of rotatable bonds is 8. The molecule has 1 atom stereocenters. The van der Waals surface area contributed by atoms with E-state index in [1.807, 2.05) is 128 Å². The van der Waals surface area contributed by atoms with Gasteiger partial charge in [-0.2, -0.15) is 0 Å². The van der Waals surface area contributed by atoms with Gasteiger partial charge in [0.2, 0.25) is 0 Å². The van der Waals surface area contributed by atoms with Gasteiger partial charge in [0.15, 0.2) is 15.7 Å². The Labute approximate surface area is 328 Å². The van der Waals surface area contributed by atoms with Gasteiger partial charge in [0.25, 0.3) is 0 Å². The van der Waals surface area contributed by atoms with Crippen LogP contribution < -0.4 is 5.32 Å². The second-order valence-corrected chi connectivity index (χ2v) is 14.4. The summed E-state index contributed by atoms with van der Waals surface area (Å²) < 4.78 is 0. The number of nitrogens with one attached hydrogen (secondary N) is 3.